The zero-order valence-corrected chi connectivity index (χ0v) is 19.3. The van der Waals surface area contributed by atoms with Gasteiger partial charge in [0.15, 0.2) is 6.29 Å². The van der Waals surface area contributed by atoms with E-state index in [0.717, 1.165) is 28.4 Å². The molecule has 1 amide bonds. The van der Waals surface area contributed by atoms with E-state index in [1.165, 1.54) is 6.07 Å². The Labute approximate surface area is 198 Å². The van der Waals surface area contributed by atoms with Crippen LogP contribution in [0.1, 0.15) is 40.1 Å². The molecule has 2 aromatic carbocycles. The number of aldehydes is 1. The molecule has 34 heavy (non-hydrogen) atoms. The lowest BCUT2D eigenvalue weighted by Gasteiger charge is -2.22. The van der Waals surface area contributed by atoms with Crippen LogP contribution in [0, 0.1) is 11.6 Å². The number of nitrogen functional groups attached to an aromatic ring is 1. The fourth-order valence-electron chi connectivity index (χ4n) is 3.25. The van der Waals surface area contributed by atoms with Gasteiger partial charge in [0, 0.05) is 21.7 Å². The lowest BCUT2D eigenvalue weighted by atomic mass is 10.1. The molecule has 0 aliphatic heterocycles. The number of carbonyl (C=O) groups excluding carboxylic acids is 3. The maximum atomic E-state index is 14.4. The molecule has 3 aromatic rings. The summed E-state index contributed by atoms with van der Waals surface area (Å²) >= 11 is 0.924. The highest BCUT2D eigenvalue weighted by Gasteiger charge is 2.33. The third-order valence-electron chi connectivity index (χ3n) is 4.81. The summed E-state index contributed by atoms with van der Waals surface area (Å²) in [6, 6.07) is 9.84. The predicted octanol–water partition coefficient (Wildman–Crippen LogP) is 5.43. The highest BCUT2D eigenvalue weighted by molar-refractivity contribution is 7.20. The van der Waals surface area contributed by atoms with Crippen molar-refractivity contribution in [3.63, 3.8) is 0 Å². The quantitative estimate of drug-likeness (QED) is 0.258. The van der Waals surface area contributed by atoms with E-state index in [0.29, 0.717) is 22.4 Å². The van der Waals surface area contributed by atoms with Gasteiger partial charge < -0.3 is 15.2 Å². The Morgan fingerprint density at radius 2 is 1.65 bits per heavy atom. The van der Waals surface area contributed by atoms with Crippen molar-refractivity contribution in [2.24, 2.45) is 0 Å². The van der Waals surface area contributed by atoms with Gasteiger partial charge in [-0.2, -0.15) is 0 Å². The van der Waals surface area contributed by atoms with Gasteiger partial charge in [0.25, 0.3) is 0 Å². The monoisotopic (exact) mass is 488 g/mol. The number of anilines is 2. The smallest absolute Gasteiger partial charge is 0.415 e. The van der Waals surface area contributed by atoms with Crippen molar-refractivity contribution in [1.82, 2.24) is 0 Å². The van der Waals surface area contributed by atoms with Crippen molar-refractivity contribution in [3.05, 3.63) is 70.8 Å². The Morgan fingerprint density at radius 3 is 2.21 bits per heavy atom. The number of nitrogens with zero attached hydrogens (tertiary/aromatic N) is 1. The molecular weight excluding hydrogens is 466 g/mol. The number of thiophene rings is 1. The Hall–Kier alpha value is -3.79. The summed E-state index contributed by atoms with van der Waals surface area (Å²) < 4.78 is 39.1. The van der Waals surface area contributed by atoms with Crippen molar-refractivity contribution in [3.8, 4) is 10.4 Å². The number of ether oxygens (including phenoxy) is 2. The first-order valence-electron chi connectivity index (χ1n) is 10.3. The van der Waals surface area contributed by atoms with Crippen LogP contribution in [0.4, 0.5) is 24.3 Å². The third-order valence-corrected chi connectivity index (χ3v) is 6.09. The Morgan fingerprint density at radius 1 is 1.03 bits per heavy atom. The minimum atomic E-state index is -0.946. The third kappa shape index (κ3) is 5.07. The van der Waals surface area contributed by atoms with E-state index in [2.05, 4.69) is 0 Å². The number of halogens is 2. The molecule has 0 fully saturated rings. The molecule has 0 saturated heterocycles. The number of benzene rings is 2. The topological polar surface area (TPSA) is 98.9 Å². The van der Waals surface area contributed by atoms with Crippen LogP contribution in [0.25, 0.3) is 10.4 Å². The maximum Gasteiger partial charge on any atom is 0.415 e. The summed E-state index contributed by atoms with van der Waals surface area (Å²) in [5.41, 5.74) is 6.18. The fraction of sp³-hybridized carbons (Fsp3) is 0.208. The molecule has 1 heterocycles. The van der Waals surface area contributed by atoms with Gasteiger partial charge in [-0.25, -0.2) is 18.4 Å². The maximum absolute atomic E-state index is 14.4. The molecule has 0 unspecified atom stereocenters. The average molecular weight is 489 g/mol. The van der Waals surface area contributed by atoms with Crippen LogP contribution in [0.2, 0.25) is 0 Å². The minimum Gasteiger partial charge on any atom is -0.462 e. The number of carbonyl (C=O) groups is 3. The Kier molecular flexibility index (Phi) is 7.95. The standard InChI is InChI=1S/C24H22F2N2O5S/c1-3-32-23(30)20-17(13-29)21(14-8-10-15(27)11-9-14)34-22(20)28(24(31)33-4-2)12-16-18(25)6-5-7-19(16)26/h5-11,13H,3-4,12,27H2,1-2H3. The second kappa shape index (κ2) is 10.9. The zero-order chi connectivity index (χ0) is 24.8. The van der Waals surface area contributed by atoms with Crippen LogP contribution >= 0.6 is 11.3 Å². The van der Waals surface area contributed by atoms with E-state index in [9.17, 15) is 23.2 Å². The first-order chi connectivity index (χ1) is 16.3. The summed E-state index contributed by atoms with van der Waals surface area (Å²) in [5.74, 6) is -2.61. The number of rotatable bonds is 8. The summed E-state index contributed by atoms with van der Waals surface area (Å²) in [6.07, 6.45) is -0.469. The lowest BCUT2D eigenvalue weighted by Crippen LogP contribution is -2.32. The van der Waals surface area contributed by atoms with Gasteiger partial charge in [0.1, 0.15) is 22.2 Å². The first kappa shape index (κ1) is 24.8. The van der Waals surface area contributed by atoms with Crippen molar-refractivity contribution >= 4 is 40.4 Å². The second-order valence-electron chi connectivity index (χ2n) is 6.97. The van der Waals surface area contributed by atoms with Crippen molar-refractivity contribution < 1.29 is 32.6 Å². The Bertz CT molecular complexity index is 1190. The molecule has 7 nitrogen and oxygen atoms in total. The van der Waals surface area contributed by atoms with E-state index in [1.54, 1.807) is 38.1 Å². The molecule has 0 aliphatic rings. The molecule has 2 N–H and O–H groups in total. The zero-order valence-electron chi connectivity index (χ0n) is 18.5. The SMILES string of the molecule is CCOC(=O)c1c(N(Cc2c(F)cccc2F)C(=O)OCC)sc(-c2ccc(N)cc2)c1C=O. The molecule has 0 radical (unpaired) electrons. The highest BCUT2D eigenvalue weighted by atomic mass is 32.1. The van der Waals surface area contributed by atoms with Gasteiger partial charge >= 0.3 is 12.1 Å². The van der Waals surface area contributed by atoms with Gasteiger partial charge in [-0.1, -0.05) is 18.2 Å². The molecule has 0 saturated carbocycles. The Balaban J connectivity index is 2.26. The second-order valence-corrected chi connectivity index (χ2v) is 7.97. The fourth-order valence-corrected chi connectivity index (χ4v) is 4.50. The molecule has 0 atom stereocenters. The molecule has 0 aliphatic carbocycles. The molecule has 10 heteroatoms. The largest absolute Gasteiger partial charge is 0.462 e. The van der Waals surface area contributed by atoms with E-state index in [4.69, 9.17) is 15.2 Å². The van der Waals surface area contributed by atoms with Crippen molar-refractivity contribution in [2.45, 2.75) is 20.4 Å². The van der Waals surface area contributed by atoms with Crippen LogP contribution in [0.3, 0.4) is 0 Å². The van der Waals surface area contributed by atoms with Crippen LogP contribution in [0.5, 0.6) is 0 Å². The van der Waals surface area contributed by atoms with Crippen molar-refractivity contribution in [2.75, 3.05) is 23.8 Å². The molecular formula is C24H22F2N2O5S. The van der Waals surface area contributed by atoms with Crippen LogP contribution in [-0.2, 0) is 16.0 Å². The van der Waals surface area contributed by atoms with E-state index >= 15 is 0 Å². The number of esters is 1. The normalized spacial score (nSPS) is 10.6. The van der Waals surface area contributed by atoms with E-state index in [1.807, 2.05) is 0 Å². The van der Waals surface area contributed by atoms with Gasteiger partial charge in [0.05, 0.1) is 19.8 Å². The van der Waals surface area contributed by atoms with Gasteiger partial charge in [-0.15, -0.1) is 11.3 Å². The number of hydrogen-bond donors (Lipinski definition) is 1. The number of nitrogens with two attached hydrogens (primary N) is 1. The predicted molar refractivity (Wildman–Crippen MR) is 125 cm³/mol. The van der Waals surface area contributed by atoms with Crippen molar-refractivity contribution in [1.29, 1.82) is 0 Å². The van der Waals surface area contributed by atoms with Crippen LogP contribution < -0.4 is 10.6 Å². The first-order valence-corrected chi connectivity index (χ1v) is 11.2. The van der Waals surface area contributed by atoms with Gasteiger partial charge in [-0.3, -0.25) is 9.69 Å². The van der Waals surface area contributed by atoms with E-state index < -0.39 is 35.8 Å². The number of amides is 1. The van der Waals surface area contributed by atoms with Gasteiger partial charge in [-0.05, 0) is 43.7 Å². The lowest BCUT2D eigenvalue weighted by molar-refractivity contribution is 0.0525. The van der Waals surface area contributed by atoms with E-state index in [-0.39, 0.29) is 29.3 Å². The summed E-state index contributed by atoms with van der Waals surface area (Å²) in [7, 11) is 0. The highest BCUT2D eigenvalue weighted by Crippen LogP contribution is 2.43. The molecule has 1 aromatic heterocycles. The van der Waals surface area contributed by atoms with Crippen LogP contribution in [0.15, 0.2) is 42.5 Å². The number of hydrogen-bond acceptors (Lipinski definition) is 7. The van der Waals surface area contributed by atoms with Crippen LogP contribution in [-0.4, -0.2) is 31.6 Å². The summed E-state index contributed by atoms with van der Waals surface area (Å²) in [6.45, 7) is 2.55. The molecule has 0 spiro atoms. The average Bonchev–Trinajstić information content (AvgIpc) is 3.19. The van der Waals surface area contributed by atoms with Gasteiger partial charge in [0.2, 0.25) is 0 Å². The minimum absolute atomic E-state index is 0.00493. The summed E-state index contributed by atoms with van der Waals surface area (Å²) in [4.78, 5) is 39.2. The molecule has 0 bridgehead atoms. The molecule has 178 valence electrons. The summed E-state index contributed by atoms with van der Waals surface area (Å²) in [5, 5.41) is -0.0338. The molecule has 3 rings (SSSR count).